The van der Waals surface area contributed by atoms with Crippen LogP contribution >= 0.6 is 0 Å². The Kier molecular flexibility index (Phi) is 7.26. The van der Waals surface area contributed by atoms with E-state index in [0.29, 0.717) is 42.5 Å². The summed E-state index contributed by atoms with van der Waals surface area (Å²) in [6.07, 6.45) is 3.19. The molecule has 0 aliphatic heterocycles. The molecule has 1 amide bonds. The maximum Gasteiger partial charge on any atom is 0.259 e. The molecule has 0 aliphatic carbocycles. The van der Waals surface area contributed by atoms with E-state index in [1.165, 1.54) is 0 Å². The molecule has 0 fully saturated rings. The van der Waals surface area contributed by atoms with Gasteiger partial charge in [-0.25, -0.2) is 4.98 Å². The molecule has 0 N–H and O–H groups in total. The van der Waals surface area contributed by atoms with Crippen molar-refractivity contribution in [3.8, 4) is 17.4 Å². The number of rotatable bonds is 9. The highest BCUT2D eigenvalue weighted by Gasteiger charge is 2.17. The van der Waals surface area contributed by atoms with Gasteiger partial charge in [0.25, 0.3) is 5.91 Å². The van der Waals surface area contributed by atoms with Gasteiger partial charge in [-0.2, -0.15) is 0 Å². The predicted octanol–water partition coefficient (Wildman–Crippen LogP) is 3.20. The minimum absolute atomic E-state index is 0.107. The standard InChI is InChI=1S/C20H26N2O4/c1-5-13-26-19-16(7-6-11-21-19)20(23)22(2)12-10-15-8-9-17(24-3)18(14-15)25-4/h6-9,11,14H,5,10,12-13H2,1-4H3. The Morgan fingerprint density at radius 1 is 1.15 bits per heavy atom. The third kappa shape index (κ3) is 4.88. The summed E-state index contributed by atoms with van der Waals surface area (Å²) in [5, 5.41) is 0. The largest absolute Gasteiger partial charge is 0.493 e. The van der Waals surface area contributed by atoms with Crippen molar-refractivity contribution in [2.45, 2.75) is 19.8 Å². The number of amides is 1. The molecule has 6 nitrogen and oxygen atoms in total. The number of ether oxygens (including phenoxy) is 3. The van der Waals surface area contributed by atoms with Crippen LogP contribution in [-0.2, 0) is 6.42 Å². The number of methoxy groups -OCH3 is 2. The van der Waals surface area contributed by atoms with Crippen molar-refractivity contribution < 1.29 is 19.0 Å². The molecule has 0 bridgehead atoms. The van der Waals surface area contributed by atoms with Crippen molar-refractivity contribution in [3.05, 3.63) is 47.7 Å². The van der Waals surface area contributed by atoms with Crippen LogP contribution in [0.5, 0.6) is 17.4 Å². The Morgan fingerprint density at radius 2 is 1.92 bits per heavy atom. The number of hydrogen-bond donors (Lipinski definition) is 0. The average molecular weight is 358 g/mol. The van der Waals surface area contributed by atoms with Crippen molar-refractivity contribution in [2.75, 3.05) is 34.4 Å². The zero-order valence-corrected chi connectivity index (χ0v) is 15.8. The first-order chi connectivity index (χ1) is 12.6. The van der Waals surface area contributed by atoms with Crippen LogP contribution in [0.25, 0.3) is 0 Å². The molecule has 26 heavy (non-hydrogen) atoms. The summed E-state index contributed by atoms with van der Waals surface area (Å²) in [7, 11) is 4.99. The molecule has 0 atom stereocenters. The molecule has 0 unspecified atom stereocenters. The van der Waals surface area contributed by atoms with Crippen LogP contribution in [0.1, 0.15) is 29.3 Å². The van der Waals surface area contributed by atoms with Crippen molar-refractivity contribution in [1.29, 1.82) is 0 Å². The summed E-state index contributed by atoms with van der Waals surface area (Å²) in [5.41, 5.74) is 1.55. The van der Waals surface area contributed by atoms with Crippen LogP contribution < -0.4 is 14.2 Å². The highest BCUT2D eigenvalue weighted by atomic mass is 16.5. The van der Waals surface area contributed by atoms with Gasteiger partial charge in [0.05, 0.1) is 20.8 Å². The third-order valence-electron chi connectivity index (χ3n) is 3.98. The average Bonchev–Trinajstić information content (AvgIpc) is 2.69. The first kappa shape index (κ1) is 19.6. The van der Waals surface area contributed by atoms with Crippen molar-refractivity contribution in [3.63, 3.8) is 0 Å². The number of carbonyl (C=O) groups excluding carboxylic acids is 1. The van der Waals surface area contributed by atoms with E-state index in [1.54, 1.807) is 44.5 Å². The van der Waals surface area contributed by atoms with E-state index in [2.05, 4.69) is 4.98 Å². The fraction of sp³-hybridized carbons (Fsp3) is 0.400. The van der Waals surface area contributed by atoms with E-state index in [1.807, 2.05) is 25.1 Å². The van der Waals surface area contributed by atoms with Gasteiger partial charge in [0.2, 0.25) is 5.88 Å². The van der Waals surface area contributed by atoms with Crippen molar-refractivity contribution >= 4 is 5.91 Å². The normalized spacial score (nSPS) is 10.3. The van der Waals surface area contributed by atoms with Gasteiger partial charge in [0, 0.05) is 19.8 Å². The molecule has 2 rings (SSSR count). The van der Waals surface area contributed by atoms with Gasteiger partial charge >= 0.3 is 0 Å². The molecule has 1 heterocycles. The molecule has 0 saturated carbocycles. The monoisotopic (exact) mass is 358 g/mol. The molecule has 0 radical (unpaired) electrons. The minimum atomic E-state index is -0.107. The van der Waals surface area contributed by atoms with E-state index < -0.39 is 0 Å². The van der Waals surface area contributed by atoms with Crippen molar-refractivity contribution in [1.82, 2.24) is 9.88 Å². The summed E-state index contributed by atoms with van der Waals surface area (Å²) in [6.45, 7) is 3.11. The Morgan fingerprint density at radius 3 is 2.62 bits per heavy atom. The van der Waals surface area contributed by atoms with Gasteiger partial charge in [-0.1, -0.05) is 13.0 Å². The van der Waals surface area contributed by atoms with Gasteiger partial charge < -0.3 is 19.1 Å². The third-order valence-corrected chi connectivity index (χ3v) is 3.98. The zero-order chi connectivity index (χ0) is 18.9. The molecule has 0 spiro atoms. The first-order valence-electron chi connectivity index (χ1n) is 8.64. The van der Waals surface area contributed by atoms with Crippen molar-refractivity contribution in [2.24, 2.45) is 0 Å². The number of benzene rings is 1. The van der Waals surface area contributed by atoms with Gasteiger partial charge in [-0.05, 0) is 42.7 Å². The molecule has 1 aromatic heterocycles. The molecule has 2 aromatic rings. The van der Waals surface area contributed by atoms with E-state index in [4.69, 9.17) is 14.2 Å². The molecule has 140 valence electrons. The Labute approximate surface area is 154 Å². The molecular formula is C20H26N2O4. The lowest BCUT2D eigenvalue weighted by Gasteiger charge is -2.19. The fourth-order valence-electron chi connectivity index (χ4n) is 2.51. The van der Waals surface area contributed by atoms with Crippen LogP contribution in [-0.4, -0.2) is 50.2 Å². The summed E-state index contributed by atoms with van der Waals surface area (Å²) < 4.78 is 16.2. The highest BCUT2D eigenvalue weighted by Crippen LogP contribution is 2.27. The maximum absolute atomic E-state index is 12.7. The number of pyridine rings is 1. The quantitative estimate of drug-likeness (QED) is 0.689. The molecule has 6 heteroatoms. The van der Waals surface area contributed by atoms with E-state index in [-0.39, 0.29) is 5.91 Å². The second-order valence-corrected chi connectivity index (χ2v) is 5.87. The Balaban J connectivity index is 2.04. The van der Waals surface area contributed by atoms with Crippen LogP contribution in [0.3, 0.4) is 0 Å². The number of carbonyl (C=O) groups is 1. The van der Waals surface area contributed by atoms with E-state index >= 15 is 0 Å². The molecule has 0 aliphatic rings. The lowest BCUT2D eigenvalue weighted by atomic mass is 10.1. The van der Waals surface area contributed by atoms with Gasteiger partial charge in [-0.3, -0.25) is 4.79 Å². The lowest BCUT2D eigenvalue weighted by molar-refractivity contribution is 0.0791. The number of aromatic nitrogens is 1. The maximum atomic E-state index is 12.7. The van der Waals surface area contributed by atoms with E-state index in [0.717, 1.165) is 12.0 Å². The summed E-state index contributed by atoms with van der Waals surface area (Å²) in [4.78, 5) is 18.6. The number of hydrogen-bond acceptors (Lipinski definition) is 5. The van der Waals surface area contributed by atoms with Crippen LogP contribution in [0.4, 0.5) is 0 Å². The summed E-state index contributed by atoms with van der Waals surface area (Å²) in [5.74, 6) is 1.65. The second kappa shape index (κ2) is 9.65. The number of nitrogens with zero attached hydrogens (tertiary/aromatic N) is 2. The lowest BCUT2D eigenvalue weighted by Crippen LogP contribution is -2.29. The topological polar surface area (TPSA) is 60.9 Å². The first-order valence-corrected chi connectivity index (χ1v) is 8.64. The number of likely N-dealkylation sites (N-methyl/N-ethyl adjacent to an activating group) is 1. The summed E-state index contributed by atoms with van der Waals surface area (Å²) >= 11 is 0. The van der Waals surface area contributed by atoms with Gasteiger partial charge in [0.15, 0.2) is 11.5 Å². The SMILES string of the molecule is CCCOc1ncccc1C(=O)N(C)CCc1ccc(OC)c(OC)c1. The Hall–Kier alpha value is -2.76. The molecule has 0 saturated heterocycles. The van der Waals surface area contributed by atoms with Gasteiger partial charge in [-0.15, -0.1) is 0 Å². The zero-order valence-electron chi connectivity index (χ0n) is 15.8. The Bertz CT molecular complexity index is 734. The van der Waals surface area contributed by atoms with Crippen LogP contribution in [0, 0.1) is 0 Å². The second-order valence-electron chi connectivity index (χ2n) is 5.87. The van der Waals surface area contributed by atoms with E-state index in [9.17, 15) is 4.79 Å². The van der Waals surface area contributed by atoms with Crippen LogP contribution in [0.2, 0.25) is 0 Å². The molecule has 1 aromatic carbocycles. The van der Waals surface area contributed by atoms with Gasteiger partial charge in [0.1, 0.15) is 5.56 Å². The minimum Gasteiger partial charge on any atom is -0.493 e. The fourth-order valence-corrected chi connectivity index (χ4v) is 2.51. The molecular weight excluding hydrogens is 332 g/mol. The highest BCUT2D eigenvalue weighted by molar-refractivity contribution is 5.96. The summed E-state index contributed by atoms with van der Waals surface area (Å²) in [6, 6.07) is 9.26. The van der Waals surface area contributed by atoms with Crippen LogP contribution in [0.15, 0.2) is 36.5 Å². The predicted molar refractivity (Wildman–Crippen MR) is 100 cm³/mol. The smallest absolute Gasteiger partial charge is 0.259 e.